The van der Waals surface area contributed by atoms with E-state index in [-0.39, 0.29) is 5.54 Å². The third kappa shape index (κ3) is 3.70. The van der Waals surface area contributed by atoms with Crippen molar-refractivity contribution in [1.82, 2.24) is 5.32 Å². The van der Waals surface area contributed by atoms with Crippen LogP contribution in [0.4, 0.5) is 0 Å². The molecule has 1 aromatic carbocycles. The first-order valence-electron chi connectivity index (χ1n) is 8.26. The molecule has 1 aromatic rings. The van der Waals surface area contributed by atoms with Gasteiger partial charge in [-0.3, -0.25) is 0 Å². The largest absolute Gasteiger partial charge is 0.490 e. The third-order valence-corrected chi connectivity index (χ3v) is 4.10. The number of nitrogens with one attached hydrogen (secondary N) is 1. The highest BCUT2D eigenvalue weighted by Crippen LogP contribution is 2.40. The minimum absolute atomic E-state index is 0.102. The summed E-state index contributed by atoms with van der Waals surface area (Å²) in [5, 5.41) is 3.74. The standard InChI is InChI=1S/C18H29NO2/c1-5-20-16-9-8-15(12-17(16)21-6-2)18(13-14(3)4)10-7-11-19-18/h8-9,12,14,19H,5-7,10-11,13H2,1-4H3. The van der Waals surface area contributed by atoms with Crippen molar-refractivity contribution < 1.29 is 9.47 Å². The minimum atomic E-state index is 0.102. The first kappa shape index (κ1) is 16.2. The monoisotopic (exact) mass is 291 g/mol. The second kappa shape index (κ2) is 7.17. The molecule has 1 heterocycles. The van der Waals surface area contributed by atoms with Crippen LogP contribution in [-0.4, -0.2) is 19.8 Å². The molecule has 0 saturated carbocycles. The van der Waals surface area contributed by atoms with Crippen LogP contribution in [0.5, 0.6) is 11.5 Å². The number of hydrogen-bond acceptors (Lipinski definition) is 3. The van der Waals surface area contributed by atoms with Gasteiger partial charge in [-0.05, 0) is 63.3 Å². The molecule has 3 nitrogen and oxygen atoms in total. The zero-order chi connectivity index (χ0) is 15.3. The first-order valence-corrected chi connectivity index (χ1v) is 8.26. The Labute approximate surface area is 129 Å². The molecule has 3 heteroatoms. The number of rotatable bonds is 7. The summed E-state index contributed by atoms with van der Waals surface area (Å²) in [6.07, 6.45) is 3.60. The molecule has 2 rings (SSSR count). The number of ether oxygens (including phenoxy) is 2. The van der Waals surface area contributed by atoms with E-state index < -0.39 is 0 Å². The van der Waals surface area contributed by atoms with Gasteiger partial charge >= 0.3 is 0 Å². The SMILES string of the molecule is CCOc1ccc(C2(CC(C)C)CCCN2)cc1OCC. The van der Waals surface area contributed by atoms with E-state index in [1.165, 1.54) is 18.4 Å². The molecule has 118 valence electrons. The van der Waals surface area contributed by atoms with Gasteiger partial charge in [0.1, 0.15) is 0 Å². The summed E-state index contributed by atoms with van der Waals surface area (Å²) in [7, 11) is 0. The van der Waals surface area contributed by atoms with Crippen molar-refractivity contribution in [2.75, 3.05) is 19.8 Å². The summed E-state index contributed by atoms with van der Waals surface area (Å²) in [6, 6.07) is 6.44. The summed E-state index contributed by atoms with van der Waals surface area (Å²) < 4.78 is 11.5. The highest BCUT2D eigenvalue weighted by atomic mass is 16.5. The van der Waals surface area contributed by atoms with Crippen molar-refractivity contribution in [1.29, 1.82) is 0 Å². The van der Waals surface area contributed by atoms with E-state index in [1.54, 1.807) is 0 Å². The Morgan fingerprint density at radius 3 is 2.43 bits per heavy atom. The molecule has 0 amide bonds. The fraction of sp³-hybridized carbons (Fsp3) is 0.667. The van der Waals surface area contributed by atoms with Gasteiger partial charge in [0.25, 0.3) is 0 Å². The number of benzene rings is 1. The Kier molecular flexibility index (Phi) is 5.51. The zero-order valence-corrected chi connectivity index (χ0v) is 13.9. The average Bonchev–Trinajstić information content (AvgIpc) is 2.90. The van der Waals surface area contributed by atoms with Gasteiger partial charge in [0.15, 0.2) is 11.5 Å². The van der Waals surface area contributed by atoms with Crippen LogP contribution >= 0.6 is 0 Å². The Balaban J connectivity index is 2.34. The van der Waals surface area contributed by atoms with E-state index in [2.05, 4.69) is 37.4 Å². The van der Waals surface area contributed by atoms with E-state index in [0.717, 1.165) is 24.5 Å². The smallest absolute Gasteiger partial charge is 0.161 e. The minimum Gasteiger partial charge on any atom is -0.490 e. The summed E-state index contributed by atoms with van der Waals surface area (Å²) in [5.74, 6) is 2.38. The normalized spacial score (nSPS) is 21.8. The van der Waals surface area contributed by atoms with E-state index >= 15 is 0 Å². The van der Waals surface area contributed by atoms with E-state index in [0.29, 0.717) is 19.1 Å². The van der Waals surface area contributed by atoms with Crippen LogP contribution < -0.4 is 14.8 Å². The quantitative estimate of drug-likeness (QED) is 0.820. The second-order valence-electron chi connectivity index (χ2n) is 6.24. The first-order chi connectivity index (χ1) is 10.1. The van der Waals surface area contributed by atoms with Crippen LogP contribution in [0.2, 0.25) is 0 Å². The third-order valence-electron chi connectivity index (χ3n) is 4.10. The Morgan fingerprint density at radius 1 is 1.14 bits per heavy atom. The lowest BCUT2D eigenvalue weighted by Gasteiger charge is -2.32. The number of hydrogen-bond donors (Lipinski definition) is 1. The van der Waals surface area contributed by atoms with Gasteiger partial charge in [0.05, 0.1) is 13.2 Å². The second-order valence-corrected chi connectivity index (χ2v) is 6.24. The highest BCUT2D eigenvalue weighted by Gasteiger charge is 2.36. The molecule has 1 aliphatic heterocycles. The lowest BCUT2D eigenvalue weighted by Crippen LogP contribution is -2.38. The molecule has 1 N–H and O–H groups in total. The van der Waals surface area contributed by atoms with Crippen molar-refractivity contribution in [3.63, 3.8) is 0 Å². The summed E-state index contributed by atoms with van der Waals surface area (Å²) in [6.45, 7) is 11.0. The summed E-state index contributed by atoms with van der Waals surface area (Å²) >= 11 is 0. The van der Waals surface area contributed by atoms with Crippen molar-refractivity contribution in [2.45, 2.75) is 52.5 Å². The van der Waals surface area contributed by atoms with Gasteiger partial charge < -0.3 is 14.8 Å². The summed E-state index contributed by atoms with van der Waals surface area (Å²) in [4.78, 5) is 0. The molecule has 0 spiro atoms. The van der Waals surface area contributed by atoms with Crippen LogP contribution in [0.25, 0.3) is 0 Å². The van der Waals surface area contributed by atoms with Gasteiger partial charge in [-0.15, -0.1) is 0 Å². The van der Waals surface area contributed by atoms with Gasteiger partial charge in [0, 0.05) is 5.54 Å². The summed E-state index contributed by atoms with van der Waals surface area (Å²) in [5.41, 5.74) is 1.44. The topological polar surface area (TPSA) is 30.5 Å². The van der Waals surface area contributed by atoms with Crippen LogP contribution in [-0.2, 0) is 5.54 Å². The van der Waals surface area contributed by atoms with Crippen molar-refractivity contribution in [3.05, 3.63) is 23.8 Å². The maximum absolute atomic E-state index is 5.79. The van der Waals surface area contributed by atoms with E-state index in [9.17, 15) is 0 Å². The maximum Gasteiger partial charge on any atom is 0.161 e. The van der Waals surface area contributed by atoms with Crippen LogP contribution in [0.1, 0.15) is 52.5 Å². The molecule has 0 aromatic heterocycles. The van der Waals surface area contributed by atoms with Gasteiger partial charge in [0.2, 0.25) is 0 Å². The molecule has 1 saturated heterocycles. The fourth-order valence-corrected chi connectivity index (χ4v) is 3.39. The highest BCUT2D eigenvalue weighted by molar-refractivity contribution is 5.45. The molecule has 1 atom stereocenters. The van der Waals surface area contributed by atoms with Crippen molar-refractivity contribution in [3.8, 4) is 11.5 Å². The predicted molar refractivity (Wildman–Crippen MR) is 87.1 cm³/mol. The zero-order valence-electron chi connectivity index (χ0n) is 13.9. The maximum atomic E-state index is 5.79. The van der Waals surface area contributed by atoms with Gasteiger partial charge in [-0.25, -0.2) is 0 Å². The molecule has 0 bridgehead atoms. The Hall–Kier alpha value is -1.22. The van der Waals surface area contributed by atoms with Crippen molar-refractivity contribution >= 4 is 0 Å². The van der Waals surface area contributed by atoms with Gasteiger partial charge in [-0.2, -0.15) is 0 Å². The molecule has 0 aliphatic carbocycles. The molecule has 1 unspecified atom stereocenters. The molecule has 0 radical (unpaired) electrons. The van der Waals surface area contributed by atoms with Crippen LogP contribution in [0.3, 0.4) is 0 Å². The van der Waals surface area contributed by atoms with Crippen LogP contribution in [0.15, 0.2) is 18.2 Å². The fourth-order valence-electron chi connectivity index (χ4n) is 3.39. The molecule has 1 aliphatic rings. The average molecular weight is 291 g/mol. The van der Waals surface area contributed by atoms with Crippen molar-refractivity contribution in [2.24, 2.45) is 5.92 Å². The predicted octanol–water partition coefficient (Wildman–Crippen LogP) is 4.11. The molecular weight excluding hydrogens is 262 g/mol. The van der Waals surface area contributed by atoms with E-state index in [4.69, 9.17) is 9.47 Å². The molecule has 21 heavy (non-hydrogen) atoms. The van der Waals surface area contributed by atoms with E-state index in [1.807, 2.05) is 13.8 Å². The Bertz CT molecular complexity index is 451. The van der Waals surface area contributed by atoms with Gasteiger partial charge in [-0.1, -0.05) is 19.9 Å². The lowest BCUT2D eigenvalue weighted by atomic mass is 9.81. The molecular formula is C18H29NO2. The molecule has 1 fully saturated rings. The van der Waals surface area contributed by atoms with Crippen LogP contribution in [0, 0.1) is 5.92 Å². The lowest BCUT2D eigenvalue weighted by molar-refractivity contribution is 0.281. The Morgan fingerprint density at radius 2 is 1.86 bits per heavy atom.